The number of carbonyl (C=O) groups is 1. The Morgan fingerprint density at radius 3 is 3.07 bits per heavy atom. The molecular formula is C12H14N2O. The Morgan fingerprint density at radius 2 is 2.33 bits per heavy atom. The number of benzene rings is 1. The first-order valence-corrected chi connectivity index (χ1v) is 5.26. The molecule has 1 aromatic carbocycles. The summed E-state index contributed by atoms with van der Waals surface area (Å²) in [5.74, 6) is 0. The van der Waals surface area contributed by atoms with Crippen molar-refractivity contribution in [1.29, 1.82) is 0 Å². The summed E-state index contributed by atoms with van der Waals surface area (Å²) in [6.07, 6.45) is 4.98. The molecule has 3 heteroatoms. The van der Waals surface area contributed by atoms with Crippen LogP contribution in [0.25, 0.3) is 10.9 Å². The Labute approximate surface area is 88.7 Å². The highest BCUT2D eigenvalue weighted by Crippen LogP contribution is 2.15. The number of carbonyl (C=O) groups excluding carboxylic acids is 1. The van der Waals surface area contributed by atoms with Crippen LogP contribution in [0.4, 0.5) is 0 Å². The lowest BCUT2D eigenvalue weighted by Gasteiger charge is -2.01. The van der Waals surface area contributed by atoms with Gasteiger partial charge in [-0.1, -0.05) is 25.5 Å². The largest absolute Gasteiger partial charge is 0.298 e. The van der Waals surface area contributed by atoms with E-state index >= 15 is 0 Å². The van der Waals surface area contributed by atoms with Gasteiger partial charge in [0.05, 0.1) is 11.7 Å². The molecule has 0 amide bonds. The van der Waals surface area contributed by atoms with Crippen LogP contribution in [0.1, 0.15) is 30.1 Å². The molecule has 0 aliphatic carbocycles. The van der Waals surface area contributed by atoms with Crippen molar-refractivity contribution in [2.24, 2.45) is 0 Å². The van der Waals surface area contributed by atoms with E-state index in [0.717, 1.165) is 36.6 Å². The van der Waals surface area contributed by atoms with Crippen molar-refractivity contribution in [3.05, 3.63) is 30.0 Å². The van der Waals surface area contributed by atoms with Crippen molar-refractivity contribution in [1.82, 2.24) is 9.78 Å². The minimum Gasteiger partial charge on any atom is -0.298 e. The lowest BCUT2D eigenvalue weighted by atomic mass is 10.2. The van der Waals surface area contributed by atoms with E-state index in [9.17, 15) is 4.79 Å². The van der Waals surface area contributed by atoms with Gasteiger partial charge in [0, 0.05) is 17.5 Å². The topological polar surface area (TPSA) is 34.9 Å². The number of nitrogens with zero attached hydrogens (tertiary/aromatic N) is 2. The maximum absolute atomic E-state index is 10.7. The number of rotatable bonds is 4. The molecule has 0 saturated carbocycles. The molecule has 2 aromatic rings. The van der Waals surface area contributed by atoms with Crippen LogP contribution in [0.5, 0.6) is 0 Å². The number of unbranched alkanes of at least 4 members (excludes halogenated alkanes) is 1. The molecule has 0 radical (unpaired) electrons. The first-order chi connectivity index (χ1) is 7.35. The van der Waals surface area contributed by atoms with E-state index in [1.165, 1.54) is 0 Å². The molecule has 2 rings (SSSR count). The van der Waals surface area contributed by atoms with Crippen LogP contribution in [0.15, 0.2) is 24.4 Å². The van der Waals surface area contributed by atoms with E-state index in [-0.39, 0.29) is 0 Å². The van der Waals surface area contributed by atoms with Crippen molar-refractivity contribution < 1.29 is 4.79 Å². The van der Waals surface area contributed by atoms with Crippen molar-refractivity contribution in [2.75, 3.05) is 0 Å². The molecule has 0 aliphatic rings. The van der Waals surface area contributed by atoms with Gasteiger partial charge in [-0.15, -0.1) is 0 Å². The predicted molar refractivity (Wildman–Crippen MR) is 60.0 cm³/mol. The Balaban J connectivity index is 2.42. The number of hydrogen-bond acceptors (Lipinski definition) is 2. The Kier molecular flexibility index (Phi) is 2.81. The maximum atomic E-state index is 10.7. The fourth-order valence-electron chi connectivity index (χ4n) is 1.65. The van der Waals surface area contributed by atoms with E-state index in [0.29, 0.717) is 5.56 Å². The van der Waals surface area contributed by atoms with Gasteiger partial charge in [0.25, 0.3) is 0 Å². The Hall–Kier alpha value is -1.64. The first-order valence-electron chi connectivity index (χ1n) is 5.26. The molecule has 78 valence electrons. The van der Waals surface area contributed by atoms with Gasteiger partial charge in [0.2, 0.25) is 0 Å². The van der Waals surface area contributed by atoms with E-state index in [1.807, 2.05) is 29.1 Å². The van der Waals surface area contributed by atoms with Gasteiger partial charge in [-0.2, -0.15) is 5.10 Å². The summed E-state index contributed by atoms with van der Waals surface area (Å²) in [5.41, 5.74) is 1.76. The van der Waals surface area contributed by atoms with Crippen molar-refractivity contribution >= 4 is 17.2 Å². The molecule has 0 N–H and O–H groups in total. The second-order valence-corrected chi connectivity index (χ2v) is 3.66. The molecule has 0 bridgehead atoms. The zero-order valence-electron chi connectivity index (χ0n) is 8.81. The second kappa shape index (κ2) is 4.26. The van der Waals surface area contributed by atoms with Crippen LogP contribution >= 0.6 is 0 Å². The Morgan fingerprint density at radius 1 is 1.47 bits per heavy atom. The molecule has 15 heavy (non-hydrogen) atoms. The molecular weight excluding hydrogens is 188 g/mol. The van der Waals surface area contributed by atoms with Crippen LogP contribution in [-0.4, -0.2) is 16.1 Å². The number of aldehydes is 1. The molecule has 0 unspecified atom stereocenters. The fraction of sp³-hybridized carbons (Fsp3) is 0.333. The average molecular weight is 202 g/mol. The zero-order chi connectivity index (χ0) is 10.7. The number of fused-ring (bicyclic) bond motifs is 1. The first kappa shape index (κ1) is 9.90. The monoisotopic (exact) mass is 202 g/mol. The summed E-state index contributed by atoms with van der Waals surface area (Å²) >= 11 is 0. The second-order valence-electron chi connectivity index (χ2n) is 3.66. The SMILES string of the molecule is CCCCn1ncc2ccc(C=O)cc21. The third kappa shape index (κ3) is 1.91. The van der Waals surface area contributed by atoms with Crippen molar-refractivity contribution in [3.63, 3.8) is 0 Å². The normalized spacial score (nSPS) is 10.7. The summed E-state index contributed by atoms with van der Waals surface area (Å²) in [4.78, 5) is 10.7. The molecule has 0 atom stereocenters. The number of hydrogen-bond donors (Lipinski definition) is 0. The third-order valence-electron chi connectivity index (χ3n) is 2.53. The smallest absolute Gasteiger partial charge is 0.150 e. The fourth-order valence-corrected chi connectivity index (χ4v) is 1.65. The van der Waals surface area contributed by atoms with Gasteiger partial charge in [-0.3, -0.25) is 9.48 Å². The minimum absolute atomic E-state index is 0.709. The highest BCUT2D eigenvalue weighted by atomic mass is 16.1. The summed E-state index contributed by atoms with van der Waals surface area (Å²) in [7, 11) is 0. The van der Waals surface area contributed by atoms with Gasteiger partial charge >= 0.3 is 0 Å². The van der Waals surface area contributed by atoms with E-state index in [1.54, 1.807) is 0 Å². The van der Waals surface area contributed by atoms with Gasteiger partial charge in [0.1, 0.15) is 6.29 Å². The maximum Gasteiger partial charge on any atom is 0.150 e. The number of aromatic nitrogens is 2. The molecule has 0 aliphatic heterocycles. The van der Waals surface area contributed by atoms with E-state index in [2.05, 4.69) is 12.0 Å². The van der Waals surface area contributed by atoms with Crippen LogP contribution in [0.3, 0.4) is 0 Å². The van der Waals surface area contributed by atoms with Gasteiger partial charge in [-0.25, -0.2) is 0 Å². The van der Waals surface area contributed by atoms with Crippen molar-refractivity contribution in [3.8, 4) is 0 Å². The molecule has 0 fully saturated rings. The van der Waals surface area contributed by atoms with E-state index < -0.39 is 0 Å². The van der Waals surface area contributed by atoms with Gasteiger partial charge in [-0.05, 0) is 12.5 Å². The Bertz CT molecular complexity index is 473. The summed E-state index contributed by atoms with van der Waals surface area (Å²) < 4.78 is 1.96. The molecule has 1 heterocycles. The zero-order valence-corrected chi connectivity index (χ0v) is 8.81. The summed E-state index contributed by atoms with van der Waals surface area (Å²) in [6.45, 7) is 3.07. The molecule has 0 spiro atoms. The molecule has 1 aromatic heterocycles. The summed E-state index contributed by atoms with van der Waals surface area (Å²) in [5, 5.41) is 5.40. The third-order valence-corrected chi connectivity index (χ3v) is 2.53. The predicted octanol–water partition coefficient (Wildman–Crippen LogP) is 2.65. The van der Waals surface area contributed by atoms with Crippen LogP contribution < -0.4 is 0 Å². The highest BCUT2D eigenvalue weighted by Gasteiger charge is 2.02. The molecule has 0 saturated heterocycles. The lowest BCUT2D eigenvalue weighted by Crippen LogP contribution is -1.99. The van der Waals surface area contributed by atoms with Crippen LogP contribution in [0, 0.1) is 0 Å². The average Bonchev–Trinajstić information content (AvgIpc) is 2.68. The van der Waals surface area contributed by atoms with E-state index in [4.69, 9.17) is 0 Å². The quantitative estimate of drug-likeness (QED) is 0.714. The van der Waals surface area contributed by atoms with Crippen molar-refractivity contribution in [2.45, 2.75) is 26.3 Å². The number of aryl methyl sites for hydroxylation is 1. The van der Waals surface area contributed by atoms with Crippen LogP contribution in [-0.2, 0) is 6.54 Å². The molecule has 3 nitrogen and oxygen atoms in total. The lowest BCUT2D eigenvalue weighted by molar-refractivity contribution is 0.112. The minimum atomic E-state index is 0.709. The van der Waals surface area contributed by atoms with Crippen LogP contribution in [0.2, 0.25) is 0 Å². The highest BCUT2D eigenvalue weighted by molar-refractivity contribution is 5.86. The standard InChI is InChI=1S/C12H14N2O/c1-2-3-6-14-12-7-10(9-15)4-5-11(12)8-13-14/h4-5,7-9H,2-3,6H2,1H3. The van der Waals surface area contributed by atoms with Gasteiger partial charge < -0.3 is 0 Å². The van der Waals surface area contributed by atoms with Gasteiger partial charge in [0.15, 0.2) is 0 Å². The summed E-state index contributed by atoms with van der Waals surface area (Å²) in [6, 6.07) is 5.65.